The summed E-state index contributed by atoms with van der Waals surface area (Å²) in [6, 6.07) is 10.7. The van der Waals surface area contributed by atoms with Crippen LogP contribution in [0.5, 0.6) is 0 Å². The molecule has 2 nitrogen and oxygen atoms in total. The molecule has 0 saturated carbocycles. The van der Waals surface area contributed by atoms with E-state index in [1.807, 2.05) is 6.07 Å². The quantitative estimate of drug-likeness (QED) is 0.630. The van der Waals surface area contributed by atoms with E-state index in [4.69, 9.17) is 11.5 Å². The molecule has 0 aliphatic heterocycles. The second kappa shape index (κ2) is 10.8. The van der Waals surface area contributed by atoms with Crippen molar-refractivity contribution in [1.29, 1.82) is 0 Å². The number of nitrogens with two attached hydrogens (primary N) is 2. The molecule has 0 amide bonds. The Morgan fingerprint density at radius 1 is 0.947 bits per heavy atom. The standard InChI is InChI=1S/C17H28N2/c18-15-8-3-1-2-7-13-17(19)14-9-12-16-10-5-4-6-11-16/h4-6,9-12,17H,1-3,7-8,13-15,18-19H2/b12-9+. The summed E-state index contributed by atoms with van der Waals surface area (Å²) in [4.78, 5) is 0. The lowest BCUT2D eigenvalue weighted by molar-refractivity contribution is 0.540. The summed E-state index contributed by atoms with van der Waals surface area (Å²) in [6.07, 6.45) is 12.7. The SMILES string of the molecule is NCCCCCCCC(N)C/C=C/c1ccccc1. The summed E-state index contributed by atoms with van der Waals surface area (Å²) in [5.74, 6) is 0. The monoisotopic (exact) mass is 260 g/mol. The van der Waals surface area contributed by atoms with Crippen molar-refractivity contribution < 1.29 is 0 Å². The van der Waals surface area contributed by atoms with Crippen molar-refractivity contribution in [3.8, 4) is 0 Å². The van der Waals surface area contributed by atoms with E-state index in [-0.39, 0.29) is 0 Å². The molecule has 4 N–H and O–H groups in total. The molecule has 106 valence electrons. The molecule has 1 atom stereocenters. The van der Waals surface area contributed by atoms with Crippen LogP contribution in [0.4, 0.5) is 0 Å². The maximum absolute atomic E-state index is 6.11. The Balaban J connectivity index is 2.04. The zero-order chi connectivity index (χ0) is 13.8. The van der Waals surface area contributed by atoms with Crippen molar-refractivity contribution in [2.24, 2.45) is 11.5 Å². The summed E-state index contributed by atoms with van der Waals surface area (Å²) in [7, 11) is 0. The maximum atomic E-state index is 6.11. The molecule has 1 unspecified atom stereocenters. The van der Waals surface area contributed by atoms with Crippen LogP contribution in [-0.4, -0.2) is 12.6 Å². The van der Waals surface area contributed by atoms with Crippen molar-refractivity contribution in [3.63, 3.8) is 0 Å². The van der Waals surface area contributed by atoms with Crippen LogP contribution < -0.4 is 11.5 Å². The summed E-state index contributed by atoms with van der Waals surface area (Å²) in [5, 5.41) is 0. The Morgan fingerprint density at radius 2 is 1.63 bits per heavy atom. The highest BCUT2D eigenvalue weighted by molar-refractivity contribution is 5.48. The summed E-state index contributed by atoms with van der Waals surface area (Å²) in [6.45, 7) is 0.823. The predicted octanol–water partition coefficient (Wildman–Crippen LogP) is 3.72. The van der Waals surface area contributed by atoms with Gasteiger partial charge in [0, 0.05) is 6.04 Å². The zero-order valence-corrected chi connectivity index (χ0v) is 11.9. The van der Waals surface area contributed by atoms with Gasteiger partial charge in [0.2, 0.25) is 0 Å². The molecule has 0 fully saturated rings. The third kappa shape index (κ3) is 8.57. The first kappa shape index (κ1) is 15.9. The van der Waals surface area contributed by atoms with E-state index < -0.39 is 0 Å². The van der Waals surface area contributed by atoms with E-state index in [0.717, 1.165) is 25.8 Å². The molecule has 2 heteroatoms. The highest BCUT2D eigenvalue weighted by Crippen LogP contribution is 2.09. The van der Waals surface area contributed by atoms with Crippen LogP contribution in [0, 0.1) is 0 Å². The first-order valence-corrected chi connectivity index (χ1v) is 7.50. The third-order valence-electron chi connectivity index (χ3n) is 3.33. The van der Waals surface area contributed by atoms with Gasteiger partial charge in [-0.05, 0) is 31.4 Å². The second-order valence-electron chi connectivity index (χ2n) is 5.15. The molecule has 1 rings (SSSR count). The van der Waals surface area contributed by atoms with Crippen LogP contribution in [0.2, 0.25) is 0 Å². The Hall–Kier alpha value is -1.12. The van der Waals surface area contributed by atoms with Gasteiger partial charge in [0.1, 0.15) is 0 Å². The van der Waals surface area contributed by atoms with Gasteiger partial charge in [0.25, 0.3) is 0 Å². The van der Waals surface area contributed by atoms with Gasteiger partial charge < -0.3 is 11.5 Å². The minimum Gasteiger partial charge on any atom is -0.330 e. The van der Waals surface area contributed by atoms with Crippen molar-refractivity contribution in [2.75, 3.05) is 6.54 Å². The molecule has 1 aromatic carbocycles. The molecule has 0 saturated heterocycles. The number of hydrogen-bond donors (Lipinski definition) is 2. The molecule has 0 spiro atoms. The average Bonchev–Trinajstić information content (AvgIpc) is 2.44. The molecular weight excluding hydrogens is 232 g/mol. The van der Waals surface area contributed by atoms with E-state index in [2.05, 4.69) is 36.4 Å². The van der Waals surface area contributed by atoms with Crippen molar-refractivity contribution in [3.05, 3.63) is 42.0 Å². The zero-order valence-electron chi connectivity index (χ0n) is 11.9. The molecule has 0 aromatic heterocycles. The minimum atomic E-state index is 0.300. The van der Waals surface area contributed by atoms with E-state index in [9.17, 15) is 0 Å². The fourth-order valence-electron chi connectivity index (χ4n) is 2.14. The van der Waals surface area contributed by atoms with Crippen molar-refractivity contribution in [2.45, 2.75) is 51.0 Å². The van der Waals surface area contributed by atoms with Crippen LogP contribution in [0.15, 0.2) is 36.4 Å². The summed E-state index contributed by atoms with van der Waals surface area (Å²) < 4.78 is 0. The first-order chi connectivity index (χ1) is 9.33. The van der Waals surface area contributed by atoms with Gasteiger partial charge in [-0.3, -0.25) is 0 Å². The summed E-state index contributed by atoms with van der Waals surface area (Å²) in [5.41, 5.74) is 12.8. The predicted molar refractivity (Wildman–Crippen MR) is 84.8 cm³/mol. The lowest BCUT2D eigenvalue weighted by atomic mass is 10.0. The van der Waals surface area contributed by atoms with Crippen LogP contribution in [0.3, 0.4) is 0 Å². The molecule has 0 radical (unpaired) electrons. The number of benzene rings is 1. The van der Waals surface area contributed by atoms with Gasteiger partial charge in [-0.2, -0.15) is 0 Å². The van der Waals surface area contributed by atoms with Gasteiger partial charge in [-0.25, -0.2) is 0 Å². The maximum Gasteiger partial charge on any atom is 0.00735 e. The lowest BCUT2D eigenvalue weighted by Gasteiger charge is -2.08. The van der Waals surface area contributed by atoms with Crippen LogP contribution in [0.25, 0.3) is 6.08 Å². The van der Waals surface area contributed by atoms with E-state index in [1.54, 1.807) is 0 Å². The number of rotatable bonds is 10. The van der Waals surface area contributed by atoms with Gasteiger partial charge in [-0.1, -0.05) is 68.2 Å². The molecule has 19 heavy (non-hydrogen) atoms. The van der Waals surface area contributed by atoms with E-state index in [0.29, 0.717) is 6.04 Å². The molecule has 1 aromatic rings. The van der Waals surface area contributed by atoms with Crippen LogP contribution in [-0.2, 0) is 0 Å². The van der Waals surface area contributed by atoms with Crippen LogP contribution in [0.1, 0.15) is 50.5 Å². The fraction of sp³-hybridized carbons (Fsp3) is 0.529. The topological polar surface area (TPSA) is 52.0 Å². The normalized spacial score (nSPS) is 12.9. The number of hydrogen-bond acceptors (Lipinski definition) is 2. The smallest absolute Gasteiger partial charge is 0.00735 e. The lowest BCUT2D eigenvalue weighted by Crippen LogP contribution is -2.18. The van der Waals surface area contributed by atoms with Gasteiger partial charge in [-0.15, -0.1) is 0 Å². The molecule has 0 aliphatic rings. The highest BCUT2D eigenvalue weighted by Gasteiger charge is 1.99. The fourth-order valence-corrected chi connectivity index (χ4v) is 2.14. The van der Waals surface area contributed by atoms with Gasteiger partial charge >= 0.3 is 0 Å². The second-order valence-corrected chi connectivity index (χ2v) is 5.15. The largest absolute Gasteiger partial charge is 0.330 e. The molecule has 0 aliphatic carbocycles. The molecular formula is C17H28N2. The molecule has 0 heterocycles. The Bertz CT molecular complexity index is 332. The average molecular weight is 260 g/mol. The Morgan fingerprint density at radius 3 is 2.37 bits per heavy atom. The Kier molecular flexibility index (Phi) is 9.03. The van der Waals surface area contributed by atoms with E-state index >= 15 is 0 Å². The summed E-state index contributed by atoms with van der Waals surface area (Å²) >= 11 is 0. The highest BCUT2D eigenvalue weighted by atomic mass is 14.6. The van der Waals surface area contributed by atoms with Gasteiger partial charge in [0.15, 0.2) is 0 Å². The minimum absolute atomic E-state index is 0.300. The van der Waals surface area contributed by atoms with Crippen molar-refractivity contribution in [1.82, 2.24) is 0 Å². The third-order valence-corrected chi connectivity index (χ3v) is 3.33. The van der Waals surface area contributed by atoms with Gasteiger partial charge in [0.05, 0.1) is 0 Å². The number of unbranched alkanes of at least 4 members (excludes halogenated alkanes) is 4. The van der Waals surface area contributed by atoms with Crippen LogP contribution >= 0.6 is 0 Å². The van der Waals surface area contributed by atoms with E-state index in [1.165, 1.54) is 31.2 Å². The molecule has 0 bridgehead atoms. The first-order valence-electron chi connectivity index (χ1n) is 7.50. The Labute approximate surface area is 117 Å². The van der Waals surface area contributed by atoms with Crippen molar-refractivity contribution >= 4 is 6.08 Å².